The van der Waals surface area contributed by atoms with Crippen molar-refractivity contribution in [2.24, 2.45) is 0 Å². The maximum absolute atomic E-state index is 10.2. The summed E-state index contributed by atoms with van der Waals surface area (Å²) in [6, 6.07) is 7.45. The molecule has 0 saturated carbocycles. The highest BCUT2D eigenvalue weighted by Gasteiger charge is 1.98. The molecule has 0 atom stereocenters. The number of hydrogen-bond donors (Lipinski definition) is 0. The van der Waals surface area contributed by atoms with Gasteiger partial charge in [0.1, 0.15) is 0 Å². The molecule has 1 aromatic heterocycles. The normalized spacial score (nSPS) is 10.9. The maximum Gasteiger partial charge on any atom is 0.235 e. The van der Waals surface area contributed by atoms with Gasteiger partial charge < -0.3 is 0 Å². The maximum atomic E-state index is 10.2. The number of aromatic nitrogens is 1. The van der Waals surface area contributed by atoms with Crippen molar-refractivity contribution in [2.75, 3.05) is 0 Å². The van der Waals surface area contributed by atoms with E-state index >= 15 is 0 Å². The molecular weight excluding hydrogens is 192 g/mol. The number of nitro groups is 1. The molecule has 4 nitrogen and oxygen atoms in total. The Morgan fingerprint density at radius 1 is 1.33 bits per heavy atom. The average Bonchev–Trinajstić information content (AvgIpc) is 2.26. The van der Waals surface area contributed by atoms with Crippen LogP contribution >= 0.6 is 0 Å². The minimum atomic E-state index is -0.472. The second-order valence-electron chi connectivity index (χ2n) is 3.05. The lowest BCUT2D eigenvalue weighted by Gasteiger charge is -1.99. The smallest absolute Gasteiger partial charge is 0.235 e. The minimum Gasteiger partial charge on any atom is -0.264 e. The van der Waals surface area contributed by atoms with Gasteiger partial charge in [-0.3, -0.25) is 15.1 Å². The molecule has 0 unspecified atom stereocenters. The van der Waals surface area contributed by atoms with Crippen LogP contribution in [0.3, 0.4) is 0 Å². The molecule has 1 heterocycles. The van der Waals surface area contributed by atoms with Crippen LogP contribution in [0.5, 0.6) is 0 Å². The number of pyridine rings is 1. The van der Waals surface area contributed by atoms with Crippen LogP contribution in [0.2, 0.25) is 0 Å². The predicted octanol–water partition coefficient (Wildman–Crippen LogP) is 2.48. The van der Waals surface area contributed by atoms with Crippen LogP contribution in [0.1, 0.15) is 5.56 Å². The number of fused-ring (bicyclic) bond motifs is 1. The largest absolute Gasteiger partial charge is 0.264 e. The van der Waals surface area contributed by atoms with Gasteiger partial charge in [0, 0.05) is 23.9 Å². The summed E-state index contributed by atoms with van der Waals surface area (Å²) in [5.41, 5.74) is 0.826. The monoisotopic (exact) mass is 200 g/mol. The van der Waals surface area contributed by atoms with Crippen molar-refractivity contribution < 1.29 is 4.92 Å². The van der Waals surface area contributed by atoms with Crippen LogP contribution in [0.25, 0.3) is 16.8 Å². The average molecular weight is 200 g/mol. The molecule has 2 rings (SSSR count). The minimum absolute atomic E-state index is 0.472. The fourth-order valence-electron chi connectivity index (χ4n) is 1.43. The molecule has 15 heavy (non-hydrogen) atoms. The van der Waals surface area contributed by atoms with Crippen molar-refractivity contribution in [3.8, 4) is 0 Å². The second-order valence-corrected chi connectivity index (χ2v) is 3.05. The summed E-state index contributed by atoms with van der Waals surface area (Å²) < 4.78 is 0. The third-order valence-corrected chi connectivity index (χ3v) is 2.09. The summed E-state index contributed by atoms with van der Waals surface area (Å²) in [4.78, 5) is 13.7. The van der Waals surface area contributed by atoms with E-state index in [4.69, 9.17) is 0 Å². The predicted molar refractivity (Wildman–Crippen MR) is 57.8 cm³/mol. The summed E-state index contributed by atoms with van der Waals surface area (Å²) >= 11 is 0. The summed E-state index contributed by atoms with van der Waals surface area (Å²) in [6.07, 6.45) is 5.84. The molecule has 0 spiro atoms. The topological polar surface area (TPSA) is 56.0 Å². The van der Waals surface area contributed by atoms with Crippen LogP contribution in [0, 0.1) is 10.1 Å². The highest BCUT2D eigenvalue weighted by molar-refractivity contribution is 5.89. The Labute approximate surface area is 86.0 Å². The first kappa shape index (κ1) is 9.33. The molecule has 4 heteroatoms. The molecule has 0 N–H and O–H groups in total. The lowest BCUT2D eigenvalue weighted by atomic mass is 10.1. The zero-order valence-electron chi connectivity index (χ0n) is 7.83. The van der Waals surface area contributed by atoms with E-state index in [0.29, 0.717) is 0 Å². The molecule has 1 aromatic carbocycles. The quantitative estimate of drug-likeness (QED) is 0.552. The van der Waals surface area contributed by atoms with Gasteiger partial charge in [-0.2, -0.15) is 0 Å². The van der Waals surface area contributed by atoms with Crippen molar-refractivity contribution >= 4 is 16.8 Å². The van der Waals surface area contributed by atoms with Crippen molar-refractivity contribution in [2.45, 2.75) is 0 Å². The molecule has 0 aliphatic heterocycles. The lowest BCUT2D eigenvalue weighted by Crippen LogP contribution is -1.84. The van der Waals surface area contributed by atoms with Gasteiger partial charge in [0.25, 0.3) is 0 Å². The van der Waals surface area contributed by atoms with Crippen LogP contribution in [0.15, 0.2) is 42.9 Å². The van der Waals surface area contributed by atoms with Gasteiger partial charge in [-0.25, -0.2) is 0 Å². The SMILES string of the molecule is O=[N+]([O-])/C=C/c1cccc2cnccc12. The Balaban J connectivity index is 2.56. The van der Waals surface area contributed by atoms with Gasteiger partial charge in [0.2, 0.25) is 6.20 Å². The van der Waals surface area contributed by atoms with Crippen molar-refractivity contribution in [1.29, 1.82) is 0 Å². The molecular formula is C11H8N2O2. The number of benzene rings is 1. The fraction of sp³-hybridized carbons (Fsp3) is 0. The van der Waals surface area contributed by atoms with Crippen LogP contribution in [0.4, 0.5) is 0 Å². The molecule has 0 amide bonds. The number of rotatable bonds is 2. The third kappa shape index (κ3) is 1.99. The fourth-order valence-corrected chi connectivity index (χ4v) is 1.43. The Morgan fingerprint density at radius 3 is 3.00 bits per heavy atom. The Hall–Kier alpha value is -2.23. The van der Waals surface area contributed by atoms with Crippen molar-refractivity contribution in [1.82, 2.24) is 4.98 Å². The standard InChI is InChI=1S/C11H8N2O2/c14-13(15)7-5-9-2-1-3-10-8-12-6-4-11(9)10/h1-8H/b7-5+. The first-order chi connectivity index (χ1) is 7.27. The van der Waals surface area contributed by atoms with Crippen molar-refractivity contribution in [3.63, 3.8) is 0 Å². The first-order valence-electron chi connectivity index (χ1n) is 4.42. The van der Waals surface area contributed by atoms with Gasteiger partial charge in [0.15, 0.2) is 0 Å². The van der Waals surface area contributed by atoms with E-state index in [-0.39, 0.29) is 0 Å². The van der Waals surface area contributed by atoms with E-state index in [0.717, 1.165) is 22.5 Å². The summed E-state index contributed by atoms with van der Waals surface area (Å²) in [5.74, 6) is 0. The van der Waals surface area contributed by atoms with Crippen LogP contribution in [-0.4, -0.2) is 9.91 Å². The van der Waals surface area contributed by atoms with E-state index in [1.54, 1.807) is 12.4 Å². The molecule has 2 aromatic rings. The van der Waals surface area contributed by atoms with Gasteiger partial charge in [0.05, 0.1) is 4.92 Å². The van der Waals surface area contributed by atoms with Gasteiger partial charge >= 0.3 is 0 Å². The molecule has 0 bridgehead atoms. The van der Waals surface area contributed by atoms with Crippen LogP contribution in [-0.2, 0) is 0 Å². The molecule has 0 aliphatic rings. The second kappa shape index (κ2) is 3.88. The Bertz CT molecular complexity index is 530. The van der Waals surface area contributed by atoms with Gasteiger partial charge in [-0.05, 0) is 17.0 Å². The summed E-state index contributed by atoms with van der Waals surface area (Å²) in [5, 5.41) is 12.2. The van der Waals surface area contributed by atoms with E-state index in [1.807, 2.05) is 24.3 Å². The molecule has 0 radical (unpaired) electrons. The highest BCUT2D eigenvalue weighted by Crippen LogP contribution is 2.18. The Kier molecular flexibility index (Phi) is 2.41. The van der Waals surface area contributed by atoms with E-state index in [2.05, 4.69) is 4.98 Å². The van der Waals surface area contributed by atoms with E-state index in [9.17, 15) is 10.1 Å². The highest BCUT2D eigenvalue weighted by atomic mass is 16.6. The Morgan fingerprint density at radius 2 is 2.20 bits per heavy atom. The molecule has 0 saturated heterocycles. The lowest BCUT2D eigenvalue weighted by molar-refractivity contribution is -0.400. The molecule has 74 valence electrons. The van der Waals surface area contributed by atoms with Crippen molar-refractivity contribution in [3.05, 3.63) is 58.5 Å². The zero-order chi connectivity index (χ0) is 10.7. The number of nitrogens with zero attached hydrogens (tertiary/aromatic N) is 2. The molecule has 0 aliphatic carbocycles. The summed E-state index contributed by atoms with van der Waals surface area (Å²) in [6.45, 7) is 0. The first-order valence-corrected chi connectivity index (χ1v) is 4.42. The van der Waals surface area contributed by atoms with E-state index < -0.39 is 4.92 Å². The zero-order valence-corrected chi connectivity index (χ0v) is 7.83. The number of hydrogen-bond acceptors (Lipinski definition) is 3. The summed E-state index contributed by atoms with van der Waals surface area (Å²) in [7, 11) is 0. The van der Waals surface area contributed by atoms with Gasteiger partial charge in [-0.15, -0.1) is 0 Å². The van der Waals surface area contributed by atoms with E-state index in [1.165, 1.54) is 6.08 Å². The van der Waals surface area contributed by atoms with Crippen LogP contribution < -0.4 is 0 Å². The third-order valence-electron chi connectivity index (χ3n) is 2.09. The van der Waals surface area contributed by atoms with Gasteiger partial charge in [-0.1, -0.05) is 18.2 Å². The molecule has 0 fully saturated rings.